The Morgan fingerprint density at radius 1 is 1.25 bits per heavy atom. The highest BCUT2D eigenvalue weighted by Crippen LogP contribution is 2.28. The van der Waals surface area contributed by atoms with Crippen LogP contribution in [0.2, 0.25) is 5.02 Å². The molecule has 0 radical (unpaired) electrons. The third-order valence-corrected chi connectivity index (χ3v) is 3.90. The van der Waals surface area contributed by atoms with Crippen molar-refractivity contribution in [3.8, 4) is 5.75 Å². The molecule has 0 saturated heterocycles. The summed E-state index contributed by atoms with van der Waals surface area (Å²) < 4.78 is 0.671. The van der Waals surface area contributed by atoms with Crippen LogP contribution in [0.3, 0.4) is 0 Å². The van der Waals surface area contributed by atoms with Crippen LogP contribution in [0.15, 0.2) is 46.9 Å². The van der Waals surface area contributed by atoms with Gasteiger partial charge in [0.2, 0.25) is 0 Å². The summed E-state index contributed by atoms with van der Waals surface area (Å²) in [7, 11) is 0. The SMILES string of the molecule is O=C(O)C(Nc1ccc(Cl)c(Br)c1)c1cccc(O)c1. The largest absolute Gasteiger partial charge is 0.508 e. The van der Waals surface area contributed by atoms with Gasteiger partial charge in [0.15, 0.2) is 6.04 Å². The normalized spacial score (nSPS) is 11.9. The Labute approximate surface area is 129 Å². The van der Waals surface area contributed by atoms with Crippen LogP contribution >= 0.6 is 27.5 Å². The summed E-state index contributed by atoms with van der Waals surface area (Å²) >= 11 is 9.18. The predicted octanol–water partition coefficient (Wildman–Crippen LogP) is 4.05. The van der Waals surface area contributed by atoms with Gasteiger partial charge in [-0.1, -0.05) is 23.7 Å². The minimum atomic E-state index is -1.04. The standard InChI is InChI=1S/C14H11BrClNO3/c15-11-7-9(4-5-12(11)16)17-13(14(19)20)8-2-1-3-10(18)6-8/h1-7,13,17-18H,(H,19,20). The lowest BCUT2D eigenvalue weighted by Gasteiger charge is -2.16. The van der Waals surface area contributed by atoms with Crippen molar-refractivity contribution in [2.75, 3.05) is 5.32 Å². The third-order valence-electron chi connectivity index (χ3n) is 2.68. The molecule has 2 aromatic rings. The molecule has 0 fully saturated rings. The van der Waals surface area contributed by atoms with Crippen LogP contribution in [-0.2, 0) is 4.79 Å². The number of hydrogen-bond donors (Lipinski definition) is 3. The Bertz CT molecular complexity index is 648. The number of benzene rings is 2. The molecule has 0 heterocycles. The number of nitrogens with one attached hydrogen (secondary N) is 1. The first-order valence-corrected chi connectivity index (χ1v) is 6.88. The second kappa shape index (κ2) is 6.15. The number of aliphatic carboxylic acids is 1. The fraction of sp³-hybridized carbons (Fsp3) is 0.0714. The van der Waals surface area contributed by atoms with Gasteiger partial charge in [0.25, 0.3) is 0 Å². The lowest BCUT2D eigenvalue weighted by molar-refractivity contribution is -0.138. The van der Waals surface area contributed by atoms with Gasteiger partial charge in [-0.05, 0) is 51.8 Å². The molecular weight excluding hydrogens is 346 g/mol. The van der Waals surface area contributed by atoms with E-state index in [4.69, 9.17) is 11.6 Å². The summed E-state index contributed by atoms with van der Waals surface area (Å²) in [6.45, 7) is 0. The third kappa shape index (κ3) is 3.43. The van der Waals surface area contributed by atoms with E-state index in [9.17, 15) is 15.0 Å². The smallest absolute Gasteiger partial charge is 0.330 e. The number of rotatable bonds is 4. The van der Waals surface area contributed by atoms with Crippen LogP contribution < -0.4 is 5.32 Å². The first kappa shape index (κ1) is 14.7. The maximum absolute atomic E-state index is 11.4. The highest BCUT2D eigenvalue weighted by atomic mass is 79.9. The lowest BCUT2D eigenvalue weighted by Crippen LogP contribution is -2.20. The van der Waals surface area contributed by atoms with Crippen LogP contribution in [0.5, 0.6) is 5.75 Å². The highest BCUT2D eigenvalue weighted by molar-refractivity contribution is 9.10. The van der Waals surface area contributed by atoms with Crippen LogP contribution in [0.1, 0.15) is 11.6 Å². The Kier molecular flexibility index (Phi) is 4.52. The second-order valence-electron chi connectivity index (χ2n) is 4.14. The van der Waals surface area contributed by atoms with Gasteiger partial charge in [0.05, 0.1) is 5.02 Å². The van der Waals surface area contributed by atoms with E-state index >= 15 is 0 Å². The molecular formula is C14H11BrClNO3. The van der Waals surface area contributed by atoms with Gasteiger partial charge in [0.1, 0.15) is 5.75 Å². The van der Waals surface area contributed by atoms with Crippen LogP contribution in [0.25, 0.3) is 0 Å². The lowest BCUT2D eigenvalue weighted by atomic mass is 10.1. The molecule has 4 nitrogen and oxygen atoms in total. The summed E-state index contributed by atoms with van der Waals surface area (Å²) in [5, 5.41) is 22.2. The van der Waals surface area contributed by atoms with E-state index in [-0.39, 0.29) is 5.75 Å². The van der Waals surface area contributed by atoms with E-state index in [1.165, 1.54) is 12.1 Å². The van der Waals surface area contributed by atoms with Gasteiger partial charge in [-0.2, -0.15) is 0 Å². The van der Waals surface area contributed by atoms with Crippen molar-refractivity contribution in [2.24, 2.45) is 0 Å². The van der Waals surface area contributed by atoms with Crippen molar-refractivity contribution in [2.45, 2.75) is 6.04 Å². The van der Waals surface area contributed by atoms with Gasteiger partial charge in [-0.15, -0.1) is 0 Å². The number of carbonyl (C=O) groups is 1. The van der Waals surface area contributed by atoms with Gasteiger partial charge >= 0.3 is 5.97 Å². The summed E-state index contributed by atoms with van der Waals surface area (Å²) in [6, 6.07) is 10.2. The van der Waals surface area contributed by atoms with Crippen molar-refractivity contribution in [3.05, 3.63) is 57.5 Å². The molecule has 0 bridgehead atoms. The molecule has 6 heteroatoms. The number of halogens is 2. The number of anilines is 1. The molecule has 20 heavy (non-hydrogen) atoms. The fourth-order valence-corrected chi connectivity index (χ4v) is 2.24. The molecule has 0 saturated carbocycles. The first-order chi connectivity index (χ1) is 9.47. The number of phenols is 1. The average molecular weight is 357 g/mol. The molecule has 3 N–H and O–H groups in total. The van der Waals surface area contributed by atoms with Crippen molar-refractivity contribution in [1.82, 2.24) is 0 Å². The van der Waals surface area contributed by atoms with E-state index in [0.717, 1.165) is 0 Å². The molecule has 0 aliphatic rings. The van der Waals surface area contributed by atoms with Gasteiger partial charge < -0.3 is 15.5 Å². The minimum Gasteiger partial charge on any atom is -0.508 e. The molecule has 1 atom stereocenters. The molecule has 0 aliphatic heterocycles. The topological polar surface area (TPSA) is 69.6 Å². The molecule has 0 aliphatic carbocycles. The van der Waals surface area contributed by atoms with Gasteiger partial charge in [-0.25, -0.2) is 4.79 Å². The predicted molar refractivity (Wildman–Crippen MR) is 81.3 cm³/mol. The van der Waals surface area contributed by atoms with E-state index in [1.807, 2.05) is 0 Å². The molecule has 104 valence electrons. The van der Waals surface area contributed by atoms with Gasteiger partial charge in [0, 0.05) is 10.2 Å². The number of carboxylic acid groups (broad SMARTS) is 1. The summed E-state index contributed by atoms with van der Waals surface area (Å²) in [5.74, 6) is -1.02. The molecule has 0 aromatic heterocycles. The number of phenolic OH excluding ortho intramolecular Hbond substituents is 1. The average Bonchev–Trinajstić information content (AvgIpc) is 2.39. The molecule has 1 unspecified atom stereocenters. The van der Waals surface area contributed by atoms with Crippen LogP contribution in [-0.4, -0.2) is 16.2 Å². The minimum absolute atomic E-state index is 0.0211. The van der Waals surface area contributed by atoms with Crippen molar-refractivity contribution in [3.63, 3.8) is 0 Å². The Hall–Kier alpha value is -1.72. The van der Waals surface area contributed by atoms with Crippen molar-refractivity contribution >= 4 is 39.2 Å². The Balaban J connectivity index is 2.30. The first-order valence-electron chi connectivity index (χ1n) is 5.70. The fourth-order valence-electron chi connectivity index (χ4n) is 1.74. The monoisotopic (exact) mass is 355 g/mol. The number of carboxylic acids is 1. The van der Waals surface area contributed by atoms with E-state index in [0.29, 0.717) is 20.7 Å². The number of aromatic hydroxyl groups is 1. The van der Waals surface area contributed by atoms with E-state index in [2.05, 4.69) is 21.2 Å². The van der Waals surface area contributed by atoms with Crippen molar-refractivity contribution in [1.29, 1.82) is 0 Å². The van der Waals surface area contributed by atoms with Crippen molar-refractivity contribution < 1.29 is 15.0 Å². The highest BCUT2D eigenvalue weighted by Gasteiger charge is 2.20. The molecule has 0 amide bonds. The summed E-state index contributed by atoms with van der Waals surface area (Å²) in [6.07, 6.45) is 0. The Morgan fingerprint density at radius 2 is 2.00 bits per heavy atom. The zero-order valence-electron chi connectivity index (χ0n) is 10.2. The molecule has 2 rings (SSSR count). The maximum Gasteiger partial charge on any atom is 0.330 e. The van der Waals surface area contributed by atoms with Gasteiger partial charge in [-0.3, -0.25) is 0 Å². The van der Waals surface area contributed by atoms with E-state index in [1.54, 1.807) is 30.3 Å². The number of hydrogen-bond acceptors (Lipinski definition) is 3. The quantitative estimate of drug-likeness (QED) is 0.773. The zero-order valence-corrected chi connectivity index (χ0v) is 12.5. The van der Waals surface area contributed by atoms with Crippen LogP contribution in [0, 0.1) is 0 Å². The summed E-state index contributed by atoms with van der Waals surface area (Å²) in [5.41, 5.74) is 1.07. The second-order valence-corrected chi connectivity index (χ2v) is 5.40. The van der Waals surface area contributed by atoms with E-state index < -0.39 is 12.0 Å². The van der Waals surface area contributed by atoms with Crippen LogP contribution in [0.4, 0.5) is 5.69 Å². The Morgan fingerprint density at radius 3 is 2.60 bits per heavy atom. The zero-order chi connectivity index (χ0) is 14.7. The maximum atomic E-state index is 11.4. The molecule has 0 spiro atoms. The molecule has 2 aromatic carbocycles. The summed E-state index contributed by atoms with van der Waals surface area (Å²) in [4.78, 5) is 11.4.